The lowest BCUT2D eigenvalue weighted by Crippen LogP contribution is -2.47. The number of ether oxygens (including phenoxy) is 1. The van der Waals surface area contributed by atoms with Gasteiger partial charge in [-0.15, -0.1) is 0 Å². The first-order valence-corrected chi connectivity index (χ1v) is 10.6. The fraction of sp³-hybridized carbons (Fsp3) is 0.435. The van der Waals surface area contributed by atoms with E-state index in [4.69, 9.17) is 9.72 Å². The molecule has 3 aromatic rings. The Hall–Kier alpha value is -2.77. The molecule has 0 unspecified atom stereocenters. The standard InChI is InChI=1S/C23H27N5O2/c1-15-11-28(12-16(2)30-15)23-25-20-14-27(10-8-19(20)22(29)26-23)13-18-6-3-5-17-7-4-9-24-21(17)18/h3-7,9,15-16H,8,10-14H2,1-2H3,(H,25,26,29)/t15-,16-/m0/s1. The molecule has 2 aliphatic rings. The van der Waals surface area contributed by atoms with E-state index in [1.165, 1.54) is 5.56 Å². The molecule has 0 amide bonds. The van der Waals surface area contributed by atoms with Gasteiger partial charge in [-0.3, -0.25) is 19.7 Å². The molecule has 0 radical (unpaired) electrons. The van der Waals surface area contributed by atoms with Crippen LogP contribution >= 0.6 is 0 Å². The molecule has 0 saturated carbocycles. The van der Waals surface area contributed by atoms with Crippen LogP contribution in [0, 0.1) is 0 Å². The van der Waals surface area contributed by atoms with E-state index in [2.05, 4.69) is 57.9 Å². The number of aromatic nitrogens is 3. The van der Waals surface area contributed by atoms with Crippen LogP contribution in [0.25, 0.3) is 10.9 Å². The Morgan fingerprint density at radius 1 is 1.17 bits per heavy atom. The van der Waals surface area contributed by atoms with Gasteiger partial charge in [0.2, 0.25) is 5.95 Å². The number of benzene rings is 1. The van der Waals surface area contributed by atoms with E-state index in [1.54, 1.807) is 0 Å². The average molecular weight is 406 g/mol. The van der Waals surface area contributed by atoms with Crippen molar-refractivity contribution < 1.29 is 4.74 Å². The molecule has 1 saturated heterocycles. The maximum Gasteiger partial charge on any atom is 0.255 e. The summed E-state index contributed by atoms with van der Waals surface area (Å²) in [6, 6.07) is 10.4. The van der Waals surface area contributed by atoms with Crippen LogP contribution in [0.4, 0.5) is 5.95 Å². The minimum absolute atomic E-state index is 0.00623. The van der Waals surface area contributed by atoms with Gasteiger partial charge in [0, 0.05) is 49.9 Å². The number of pyridine rings is 1. The van der Waals surface area contributed by atoms with Gasteiger partial charge in [0.15, 0.2) is 0 Å². The summed E-state index contributed by atoms with van der Waals surface area (Å²) in [6.07, 6.45) is 2.79. The average Bonchev–Trinajstić information content (AvgIpc) is 2.73. The molecule has 1 aromatic carbocycles. The Balaban J connectivity index is 1.40. The smallest absolute Gasteiger partial charge is 0.255 e. The number of anilines is 1. The molecule has 156 valence electrons. The number of fused-ring (bicyclic) bond motifs is 2. The van der Waals surface area contributed by atoms with Gasteiger partial charge in [0.1, 0.15) is 0 Å². The lowest BCUT2D eigenvalue weighted by atomic mass is 10.0. The molecule has 4 heterocycles. The molecule has 2 aromatic heterocycles. The highest BCUT2D eigenvalue weighted by molar-refractivity contribution is 5.81. The molecule has 0 aliphatic carbocycles. The van der Waals surface area contributed by atoms with Crippen molar-refractivity contribution >= 4 is 16.9 Å². The van der Waals surface area contributed by atoms with Crippen molar-refractivity contribution in [1.29, 1.82) is 0 Å². The minimum atomic E-state index is -0.00623. The van der Waals surface area contributed by atoms with E-state index in [9.17, 15) is 4.79 Å². The van der Waals surface area contributed by atoms with Gasteiger partial charge in [0.25, 0.3) is 5.56 Å². The summed E-state index contributed by atoms with van der Waals surface area (Å²) in [5.74, 6) is 0.662. The lowest BCUT2D eigenvalue weighted by molar-refractivity contribution is -0.00576. The maximum absolute atomic E-state index is 12.7. The fourth-order valence-corrected chi connectivity index (χ4v) is 4.65. The van der Waals surface area contributed by atoms with Crippen LogP contribution in [-0.2, 0) is 24.2 Å². The summed E-state index contributed by atoms with van der Waals surface area (Å²) in [6.45, 7) is 7.88. The number of hydrogen-bond acceptors (Lipinski definition) is 6. The summed E-state index contributed by atoms with van der Waals surface area (Å²) < 4.78 is 5.82. The molecular formula is C23H27N5O2. The van der Waals surface area contributed by atoms with Crippen LogP contribution in [0.1, 0.15) is 30.7 Å². The third-order valence-electron chi connectivity index (χ3n) is 5.97. The Bertz CT molecular complexity index is 1110. The third kappa shape index (κ3) is 3.70. The highest BCUT2D eigenvalue weighted by Gasteiger charge is 2.27. The molecule has 2 atom stereocenters. The normalized spacial score (nSPS) is 22.3. The van der Waals surface area contributed by atoms with Crippen LogP contribution in [0.3, 0.4) is 0 Å². The molecule has 7 heteroatoms. The molecule has 1 N–H and O–H groups in total. The van der Waals surface area contributed by atoms with Crippen molar-refractivity contribution in [2.45, 2.75) is 45.6 Å². The predicted octanol–water partition coefficient (Wildman–Crippen LogP) is 2.49. The number of morpholine rings is 1. The second-order valence-corrected chi connectivity index (χ2v) is 8.43. The van der Waals surface area contributed by atoms with Crippen LogP contribution < -0.4 is 10.5 Å². The zero-order valence-corrected chi connectivity index (χ0v) is 17.5. The van der Waals surface area contributed by atoms with Crippen molar-refractivity contribution in [3.8, 4) is 0 Å². The monoisotopic (exact) mass is 405 g/mol. The first kappa shape index (κ1) is 19.2. The summed E-state index contributed by atoms with van der Waals surface area (Å²) >= 11 is 0. The van der Waals surface area contributed by atoms with Gasteiger partial charge >= 0.3 is 0 Å². The fourth-order valence-electron chi connectivity index (χ4n) is 4.65. The van der Waals surface area contributed by atoms with Gasteiger partial charge in [-0.25, -0.2) is 4.98 Å². The lowest BCUT2D eigenvalue weighted by Gasteiger charge is -2.36. The van der Waals surface area contributed by atoms with Crippen LogP contribution in [0.15, 0.2) is 41.3 Å². The van der Waals surface area contributed by atoms with E-state index in [1.807, 2.05) is 12.3 Å². The number of para-hydroxylation sites is 1. The molecule has 30 heavy (non-hydrogen) atoms. The van der Waals surface area contributed by atoms with Crippen LogP contribution in [0.2, 0.25) is 0 Å². The number of hydrogen-bond donors (Lipinski definition) is 1. The first-order valence-electron chi connectivity index (χ1n) is 10.6. The number of nitrogens with zero attached hydrogens (tertiary/aromatic N) is 4. The SMILES string of the molecule is C[C@H]1CN(c2nc3c(c(=O)[nH]2)CCN(Cc2cccc4cccnc24)C3)C[C@H](C)O1. The Labute approximate surface area is 175 Å². The van der Waals surface area contributed by atoms with E-state index in [0.29, 0.717) is 18.9 Å². The Kier molecular flexibility index (Phi) is 5.00. The van der Waals surface area contributed by atoms with Gasteiger partial charge in [-0.1, -0.05) is 24.3 Å². The van der Waals surface area contributed by atoms with E-state index >= 15 is 0 Å². The summed E-state index contributed by atoms with van der Waals surface area (Å²) in [5, 5.41) is 1.15. The van der Waals surface area contributed by atoms with Gasteiger partial charge < -0.3 is 9.64 Å². The Morgan fingerprint density at radius 3 is 2.80 bits per heavy atom. The van der Waals surface area contributed by atoms with E-state index in [-0.39, 0.29) is 17.8 Å². The molecule has 2 aliphatic heterocycles. The molecule has 1 fully saturated rings. The second kappa shape index (κ2) is 7.81. The Morgan fingerprint density at radius 2 is 1.97 bits per heavy atom. The molecule has 5 rings (SSSR count). The van der Waals surface area contributed by atoms with Gasteiger partial charge in [0.05, 0.1) is 23.4 Å². The maximum atomic E-state index is 12.7. The van der Waals surface area contributed by atoms with E-state index in [0.717, 1.165) is 48.3 Å². The summed E-state index contributed by atoms with van der Waals surface area (Å²) in [4.78, 5) is 29.7. The van der Waals surface area contributed by atoms with Crippen molar-refractivity contribution in [3.63, 3.8) is 0 Å². The molecule has 7 nitrogen and oxygen atoms in total. The van der Waals surface area contributed by atoms with Crippen molar-refractivity contribution in [2.24, 2.45) is 0 Å². The number of H-pyrrole nitrogens is 1. The first-order chi connectivity index (χ1) is 14.6. The second-order valence-electron chi connectivity index (χ2n) is 8.43. The highest BCUT2D eigenvalue weighted by Crippen LogP contribution is 2.23. The summed E-state index contributed by atoms with van der Waals surface area (Å²) in [5.41, 5.74) is 3.95. The molecule has 0 bridgehead atoms. The topological polar surface area (TPSA) is 74.4 Å². The predicted molar refractivity (Wildman–Crippen MR) is 117 cm³/mol. The zero-order chi connectivity index (χ0) is 20.7. The molecular weight excluding hydrogens is 378 g/mol. The quantitative estimate of drug-likeness (QED) is 0.722. The van der Waals surface area contributed by atoms with Crippen LogP contribution in [0.5, 0.6) is 0 Å². The number of aromatic amines is 1. The number of nitrogens with one attached hydrogen (secondary N) is 1. The number of rotatable bonds is 3. The van der Waals surface area contributed by atoms with Crippen LogP contribution in [-0.4, -0.2) is 51.7 Å². The van der Waals surface area contributed by atoms with Crippen molar-refractivity contribution in [1.82, 2.24) is 19.9 Å². The minimum Gasteiger partial charge on any atom is -0.372 e. The third-order valence-corrected chi connectivity index (χ3v) is 5.97. The summed E-state index contributed by atoms with van der Waals surface area (Å²) in [7, 11) is 0. The van der Waals surface area contributed by atoms with Crippen molar-refractivity contribution in [2.75, 3.05) is 24.5 Å². The molecule has 0 spiro atoms. The van der Waals surface area contributed by atoms with Gasteiger partial charge in [-0.2, -0.15) is 0 Å². The zero-order valence-electron chi connectivity index (χ0n) is 17.5. The van der Waals surface area contributed by atoms with E-state index < -0.39 is 0 Å². The largest absolute Gasteiger partial charge is 0.372 e. The van der Waals surface area contributed by atoms with Gasteiger partial charge in [-0.05, 0) is 31.9 Å². The highest BCUT2D eigenvalue weighted by atomic mass is 16.5. The van der Waals surface area contributed by atoms with Crippen molar-refractivity contribution in [3.05, 3.63) is 63.7 Å².